The third-order valence-electron chi connectivity index (χ3n) is 3.79. The van der Waals surface area contributed by atoms with Gasteiger partial charge in [0.05, 0.1) is 17.9 Å². The van der Waals surface area contributed by atoms with Crippen molar-refractivity contribution in [3.63, 3.8) is 0 Å². The SMILES string of the molecule is CCOC(=O)c1cc(-c2ccccc2)c(C)nc1C1CC1. The summed E-state index contributed by atoms with van der Waals surface area (Å²) in [7, 11) is 0. The normalized spacial score (nSPS) is 14.0. The van der Waals surface area contributed by atoms with Crippen LogP contribution in [0.5, 0.6) is 0 Å². The summed E-state index contributed by atoms with van der Waals surface area (Å²) in [6, 6.07) is 12.0. The minimum Gasteiger partial charge on any atom is -0.462 e. The van der Waals surface area contributed by atoms with Crippen molar-refractivity contribution >= 4 is 5.97 Å². The summed E-state index contributed by atoms with van der Waals surface area (Å²) in [5, 5.41) is 0. The monoisotopic (exact) mass is 281 g/mol. The zero-order valence-corrected chi connectivity index (χ0v) is 12.4. The van der Waals surface area contributed by atoms with Gasteiger partial charge >= 0.3 is 5.97 Å². The zero-order valence-electron chi connectivity index (χ0n) is 12.4. The largest absolute Gasteiger partial charge is 0.462 e. The summed E-state index contributed by atoms with van der Waals surface area (Å²) in [5.41, 5.74) is 4.59. The lowest BCUT2D eigenvalue weighted by Crippen LogP contribution is -2.10. The maximum atomic E-state index is 12.2. The molecule has 0 saturated heterocycles. The second-order valence-electron chi connectivity index (χ2n) is 5.41. The van der Waals surface area contributed by atoms with Gasteiger partial charge in [-0.15, -0.1) is 0 Å². The fourth-order valence-electron chi connectivity index (χ4n) is 2.57. The molecular formula is C18H19NO2. The number of rotatable bonds is 4. The third kappa shape index (κ3) is 2.82. The maximum absolute atomic E-state index is 12.2. The predicted octanol–water partition coefficient (Wildman–Crippen LogP) is 4.11. The number of hydrogen-bond donors (Lipinski definition) is 0. The van der Waals surface area contributed by atoms with Crippen LogP contribution in [0.25, 0.3) is 11.1 Å². The average molecular weight is 281 g/mol. The van der Waals surface area contributed by atoms with E-state index in [1.165, 1.54) is 0 Å². The van der Waals surface area contributed by atoms with Gasteiger partial charge in [-0.05, 0) is 38.3 Å². The van der Waals surface area contributed by atoms with E-state index in [1.54, 1.807) is 0 Å². The lowest BCUT2D eigenvalue weighted by Gasteiger charge is -2.13. The van der Waals surface area contributed by atoms with Gasteiger partial charge in [0.1, 0.15) is 0 Å². The fraction of sp³-hybridized carbons (Fsp3) is 0.333. The molecule has 3 nitrogen and oxygen atoms in total. The van der Waals surface area contributed by atoms with Crippen molar-refractivity contribution in [3.8, 4) is 11.1 Å². The van der Waals surface area contributed by atoms with Gasteiger partial charge in [-0.25, -0.2) is 4.79 Å². The first kappa shape index (κ1) is 13.8. The lowest BCUT2D eigenvalue weighted by molar-refractivity contribution is 0.0524. The second-order valence-corrected chi connectivity index (χ2v) is 5.41. The number of benzene rings is 1. The quantitative estimate of drug-likeness (QED) is 0.792. The minimum absolute atomic E-state index is 0.260. The summed E-state index contributed by atoms with van der Waals surface area (Å²) in [4.78, 5) is 16.9. The standard InChI is InChI=1S/C18H19NO2/c1-3-21-18(20)16-11-15(13-7-5-4-6-8-13)12(2)19-17(16)14-9-10-14/h4-8,11,14H,3,9-10H2,1-2H3. The highest BCUT2D eigenvalue weighted by atomic mass is 16.5. The number of esters is 1. The molecule has 0 unspecified atom stereocenters. The van der Waals surface area contributed by atoms with Crippen molar-refractivity contribution in [1.29, 1.82) is 0 Å². The molecule has 3 rings (SSSR count). The molecule has 1 aliphatic rings. The van der Waals surface area contributed by atoms with Crippen LogP contribution >= 0.6 is 0 Å². The Morgan fingerprint density at radius 1 is 1.29 bits per heavy atom. The van der Waals surface area contributed by atoms with Crippen molar-refractivity contribution in [2.75, 3.05) is 6.61 Å². The third-order valence-corrected chi connectivity index (χ3v) is 3.79. The molecule has 0 spiro atoms. The van der Waals surface area contributed by atoms with Crippen LogP contribution in [-0.2, 0) is 4.74 Å². The highest BCUT2D eigenvalue weighted by Crippen LogP contribution is 2.42. The predicted molar refractivity (Wildman–Crippen MR) is 82.3 cm³/mol. The molecule has 0 bridgehead atoms. The minimum atomic E-state index is -0.260. The number of ether oxygens (including phenoxy) is 1. The molecule has 1 heterocycles. The number of hydrogen-bond acceptors (Lipinski definition) is 3. The average Bonchev–Trinajstić information content (AvgIpc) is 3.32. The Morgan fingerprint density at radius 2 is 2.00 bits per heavy atom. The first-order valence-corrected chi connectivity index (χ1v) is 7.44. The van der Waals surface area contributed by atoms with E-state index in [-0.39, 0.29) is 5.97 Å². The van der Waals surface area contributed by atoms with E-state index >= 15 is 0 Å². The van der Waals surface area contributed by atoms with Crippen LogP contribution in [0.2, 0.25) is 0 Å². The Labute approximate surface area is 125 Å². The van der Waals surface area contributed by atoms with Gasteiger partial charge in [-0.2, -0.15) is 0 Å². The summed E-state index contributed by atoms with van der Waals surface area (Å²) in [6.07, 6.45) is 2.23. The molecule has 2 aromatic rings. The Hall–Kier alpha value is -2.16. The summed E-state index contributed by atoms with van der Waals surface area (Å²) >= 11 is 0. The maximum Gasteiger partial charge on any atom is 0.340 e. The van der Waals surface area contributed by atoms with E-state index in [1.807, 2.05) is 50.2 Å². The van der Waals surface area contributed by atoms with Crippen molar-refractivity contribution < 1.29 is 9.53 Å². The Kier molecular flexibility index (Phi) is 3.74. The molecule has 108 valence electrons. The number of aryl methyl sites for hydroxylation is 1. The lowest BCUT2D eigenvalue weighted by atomic mass is 9.99. The van der Waals surface area contributed by atoms with Crippen LogP contribution in [0, 0.1) is 6.92 Å². The molecule has 1 aromatic heterocycles. The topological polar surface area (TPSA) is 39.2 Å². The number of pyridine rings is 1. The summed E-state index contributed by atoms with van der Waals surface area (Å²) < 4.78 is 5.20. The van der Waals surface area contributed by atoms with E-state index in [4.69, 9.17) is 9.72 Å². The number of carbonyl (C=O) groups is 1. The first-order valence-electron chi connectivity index (χ1n) is 7.44. The van der Waals surface area contributed by atoms with Crippen LogP contribution in [0.1, 0.15) is 47.4 Å². The Balaban J connectivity index is 2.10. The smallest absolute Gasteiger partial charge is 0.340 e. The summed E-state index contributed by atoms with van der Waals surface area (Å²) in [6.45, 7) is 4.22. The first-order chi connectivity index (χ1) is 10.2. The molecule has 1 aromatic carbocycles. The van der Waals surface area contributed by atoms with E-state index in [9.17, 15) is 4.79 Å². The molecule has 1 fully saturated rings. The fourth-order valence-corrected chi connectivity index (χ4v) is 2.57. The number of nitrogens with zero attached hydrogens (tertiary/aromatic N) is 1. The van der Waals surface area contributed by atoms with E-state index in [0.29, 0.717) is 18.1 Å². The van der Waals surface area contributed by atoms with Gasteiger partial charge in [0.25, 0.3) is 0 Å². The molecule has 0 radical (unpaired) electrons. The Bertz CT molecular complexity index is 660. The van der Waals surface area contributed by atoms with Gasteiger partial charge in [-0.3, -0.25) is 4.98 Å². The molecule has 3 heteroatoms. The molecule has 21 heavy (non-hydrogen) atoms. The van der Waals surface area contributed by atoms with Crippen LogP contribution in [0.4, 0.5) is 0 Å². The molecule has 0 aliphatic heterocycles. The van der Waals surface area contributed by atoms with Crippen LogP contribution < -0.4 is 0 Å². The van der Waals surface area contributed by atoms with Crippen molar-refractivity contribution in [3.05, 3.63) is 53.3 Å². The zero-order chi connectivity index (χ0) is 14.8. The molecule has 1 saturated carbocycles. The van der Waals surface area contributed by atoms with Crippen LogP contribution in [0.3, 0.4) is 0 Å². The summed E-state index contributed by atoms with van der Waals surface area (Å²) in [5.74, 6) is 0.164. The van der Waals surface area contributed by atoms with Crippen molar-refractivity contribution in [2.45, 2.75) is 32.6 Å². The van der Waals surface area contributed by atoms with Crippen molar-refractivity contribution in [2.24, 2.45) is 0 Å². The van der Waals surface area contributed by atoms with Crippen LogP contribution in [0.15, 0.2) is 36.4 Å². The molecule has 1 aliphatic carbocycles. The van der Waals surface area contributed by atoms with Crippen LogP contribution in [-0.4, -0.2) is 17.6 Å². The highest BCUT2D eigenvalue weighted by molar-refractivity contribution is 5.92. The van der Waals surface area contributed by atoms with Crippen molar-refractivity contribution in [1.82, 2.24) is 4.98 Å². The second kappa shape index (κ2) is 5.68. The Morgan fingerprint density at radius 3 is 2.62 bits per heavy atom. The number of aromatic nitrogens is 1. The van der Waals surface area contributed by atoms with E-state index in [0.717, 1.165) is 35.4 Å². The van der Waals surface area contributed by atoms with E-state index in [2.05, 4.69) is 0 Å². The van der Waals surface area contributed by atoms with Gasteiger partial charge in [-0.1, -0.05) is 30.3 Å². The molecule has 0 N–H and O–H groups in total. The van der Waals surface area contributed by atoms with Gasteiger partial charge in [0, 0.05) is 17.2 Å². The van der Waals surface area contributed by atoms with E-state index < -0.39 is 0 Å². The van der Waals surface area contributed by atoms with Gasteiger partial charge in [0.2, 0.25) is 0 Å². The molecule has 0 atom stereocenters. The highest BCUT2D eigenvalue weighted by Gasteiger charge is 2.31. The van der Waals surface area contributed by atoms with Gasteiger partial charge < -0.3 is 4.74 Å². The van der Waals surface area contributed by atoms with Gasteiger partial charge in [0.15, 0.2) is 0 Å². The molecule has 0 amide bonds. The molecular weight excluding hydrogens is 262 g/mol. The number of carbonyl (C=O) groups excluding carboxylic acids is 1.